The average molecular weight is 257 g/mol. The van der Waals surface area contributed by atoms with E-state index in [2.05, 4.69) is 0 Å². The fraction of sp³-hybridized carbons (Fsp3) is 0.188. The molecule has 19 heavy (non-hydrogen) atoms. The molecular formula is C16H16FNO. The predicted octanol–water partition coefficient (Wildman–Crippen LogP) is 2.87. The number of carbonyl (C=O) groups is 1. The third-order valence-corrected chi connectivity index (χ3v) is 3.02. The number of hydrogen-bond acceptors (Lipinski definition) is 2. The van der Waals surface area contributed by atoms with Crippen molar-refractivity contribution in [3.8, 4) is 0 Å². The van der Waals surface area contributed by atoms with E-state index in [9.17, 15) is 9.18 Å². The Kier molecular flexibility index (Phi) is 4.07. The lowest BCUT2D eigenvalue weighted by atomic mass is 9.99. The van der Waals surface area contributed by atoms with Crippen LogP contribution in [-0.2, 0) is 6.42 Å². The van der Waals surface area contributed by atoms with E-state index in [0.717, 1.165) is 17.5 Å². The molecule has 0 aliphatic carbocycles. The van der Waals surface area contributed by atoms with Gasteiger partial charge in [0.25, 0.3) is 0 Å². The van der Waals surface area contributed by atoms with Crippen molar-refractivity contribution in [1.29, 1.82) is 0 Å². The van der Waals surface area contributed by atoms with E-state index >= 15 is 0 Å². The molecule has 3 heteroatoms. The fourth-order valence-electron chi connectivity index (χ4n) is 1.96. The van der Waals surface area contributed by atoms with E-state index in [4.69, 9.17) is 5.73 Å². The minimum Gasteiger partial charge on any atom is -0.330 e. The van der Waals surface area contributed by atoms with Crippen molar-refractivity contribution in [1.82, 2.24) is 0 Å². The van der Waals surface area contributed by atoms with Gasteiger partial charge < -0.3 is 5.73 Å². The number of ketones is 1. The summed E-state index contributed by atoms with van der Waals surface area (Å²) in [5.74, 6) is -0.776. The van der Waals surface area contributed by atoms with Crippen LogP contribution in [0.1, 0.15) is 27.0 Å². The molecular weight excluding hydrogens is 241 g/mol. The van der Waals surface area contributed by atoms with E-state index in [0.29, 0.717) is 12.1 Å². The summed E-state index contributed by atoms with van der Waals surface area (Å²) in [6.45, 7) is 2.40. The van der Waals surface area contributed by atoms with Crippen LogP contribution in [0.15, 0.2) is 42.5 Å². The summed E-state index contributed by atoms with van der Waals surface area (Å²) < 4.78 is 13.7. The van der Waals surface area contributed by atoms with Crippen molar-refractivity contribution < 1.29 is 9.18 Å². The second-order valence-electron chi connectivity index (χ2n) is 4.55. The van der Waals surface area contributed by atoms with Crippen molar-refractivity contribution >= 4 is 5.78 Å². The molecule has 2 aromatic rings. The number of halogens is 1. The number of carbonyl (C=O) groups excluding carboxylic acids is 1. The molecule has 0 radical (unpaired) electrons. The van der Waals surface area contributed by atoms with Gasteiger partial charge in [-0.05, 0) is 37.6 Å². The van der Waals surface area contributed by atoms with Crippen LogP contribution >= 0.6 is 0 Å². The standard InChI is InChI=1S/C16H16FNO/c1-11-2-7-15(17)14(10-11)16(19)13-5-3-12(4-6-13)8-9-18/h2-7,10H,8-9,18H2,1H3. The highest BCUT2D eigenvalue weighted by atomic mass is 19.1. The maximum atomic E-state index is 13.7. The summed E-state index contributed by atoms with van der Waals surface area (Å²) in [4.78, 5) is 12.2. The van der Waals surface area contributed by atoms with Crippen molar-refractivity contribution in [2.24, 2.45) is 5.73 Å². The van der Waals surface area contributed by atoms with E-state index < -0.39 is 5.82 Å². The van der Waals surface area contributed by atoms with Gasteiger partial charge in [-0.15, -0.1) is 0 Å². The molecule has 0 atom stereocenters. The van der Waals surface area contributed by atoms with Crippen LogP contribution < -0.4 is 5.73 Å². The summed E-state index contributed by atoms with van der Waals surface area (Å²) in [5, 5.41) is 0. The lowest BCUT2D eigenvalue weighted by Gasteiger charge is -2.05. The summed E-state index contributed by atoms with van der Waals surface area (Å²) in [6.07, 6.45) is 0.771. The Labute approximate surface area is 112 Å². The molecule has 98 valence electrons. The number of benzene rings is 2. The Morgan fingerprint density at radius 3 is 2.47 bits per heavy atom. The van der Waals surface area contributed by atoms with Gasteiger partial charge in [0, 0.05) is 5.56 Å². The van der Waals surface area contributed by atoms with E-state index in [1.807, 2.05) is 19.1 Å². The molecule has 0 amide bonds. The van der Waals surface area contributed by atoms with Crippen molar-refractivity contribution in [3.63, 3.8) is 0 Å². The molecule has 2 N–H and O–H groups in total. The zero-order valence-corrected chi connectivity index (χ0v) is 10.8. The molecule has 0 unspecified atom stereocenters. The molecule has 0 heterocycles. The van der Waals surface area contributed by atoms with Gasteiger partial charge in [-0.3, -0.25) is 4.79 Å². The minimum absolute atomic E-state index is 0.117. The van der Waals surface area contributed by atoms with E-state index in [1.54, 1.807) is 24.3 Å². The van der Waals surface area contributed by atoms with Crippen molar-refractivity contribution in [2.75, 3.05) is 6.54 Å². The highest BCUT2D eigenvalue weighted by molar-refractivity contribution is 6.09. The zero-order valence-electron chi connectivity index (χ0n) is 10.8. The molecule has 2 aromatic carbocycles. The fourth-order valence-corrected chi connectivity index (χ4v) is 1.96. The monoisotopic (exact) mass is 257 g/mol. The van der Waals surface area contributed by atoms with Gasteiger partial charge in [-0.1, -0.05) is 35.9 Å². The van der Waals surface area contributed by atoms with Crippen LogP contribution in [0.2, 0.25) is 0 Å². The van der Waals surface area contributed by atoms with Crippen LogP contribution in [0.25, 0.3) is 0 Å². The molecule has 0 aromatic heterocycles. The van der Waals surface area contributed by atoms with Gasteiger partial charge in [0.1, 0.15) is 5.82 Å². The third-order valence-electron chi connectivity index (χ3n) is 3.02. The molecule has 2 rings (SSSR count). The number of rotatable bonds is 4. The first-order chi connectivity index (χ1) is 9.11. The summed E-state index contributed by atoms with van der Waals surface area (Å²) >= 11 is 0. The molecule has 2 nitrogen and oxygen atoms in total. The summed E-state index contributed by atoms with van der Waals surface area (Å²) in [7, 11) is 0. The van der Waals surface area contributed by atoms with Gasteiger partial charge in [0.2, 0.25) is 0 Å². The Hall–Kier alpha value is -2.00. The van der Waals surface area contributed by atoms with Crippen molar-refractivity contribution in [2.45, 2.75) is 13.3 Å². The lowest BCUT2D eigenvalue weighted by molar-refractivity contribution is 0.103. The SMILES string of the molecule is Cc1ccc(F)c(C(=O)c2ccc(CCN)cc2)c1. The Morgan fingerprint density at radius 1 is 1.16 bits per heavy atom. The van der Waals surface area contributed by atoms with Crippen LogP contribution in [0.5, 0.6) is 0 Å². The second-order valence-corrected chi connectivity index (χ2v) is 4.55. The Bertz CT molecular complexity index is 590. The number of hydrogen-bond donors (Lipinski definition) is 1. The first-order valence-corrected chi connectivity index (χ1v) is 6.21. The highest BCUT2D eigenvalue weighted by Gasteiger charge is 2.13. The molecule has 0 saturated carbocycles. The largest absolute Gasteiger partial charge is 0.330 e. The number of aryl methyl sites for hydroxylation is 1. The molecule has 0 bridgehead atoms. The average Bonchev–Trinajstić information content (AvgIpc) is 2.42. The van der Waals surface area contributed by atoms with E-state index in [1.165, 1.54) is 6.07 Å². The maximum Gasteiger partial charge on any atom is 0.195 e. The van der Waals surface area contributed by atoms with Gasteiger partial charge in [0.15, 0.2) is 5.78 Å². The normalized spacial score (nSPS) is 10.5. The third kappa shape index (κ3) is 3.06. The molecule has 0 saturated heterocycles. The quantitative estimate of drug-likeness (QED) is 0.856. The Balaban J connectivity index is 2.30. The molecule has 0 spiro atoms. The van der Waals surface area contributed by atoms with Crippen LogP contribution in [-0.4, -0.2) is 12.3 Å². The first kappa shape index (κ1) is 13.4. The van der Waals surface area contributed by atoms with Crippen molar-refractivity contribution in [3.05, 3.63) is 70.5 Å². The topological polar surface area (TPSA) is 43.1 Å². The highest BCUT2D eigenvalue weighted by Crippen LogP contribution is 2.16. The lowest BCUT2D eigenvalue weighted by Crippen LogP contribution is -2.06. The molecule has 0 aliphatic heterocycles. The smallest absolute Gasteiger partial charge is 0.195 e. The van der Waals surface area contributed by atoms with Crippen LogP contribution in [0.4, 0.5) is 4.39 Å². The van der Waals surface area contributed by atoms with E-state index in [-0.39, 0.29) is 11.3 Å². The Morgan fingerprint density at radius 2 is 1.84 bits per heavy atom. The van der Waals surface area contributed by atoms with Gasteiger partial charge >= 0.3 is 0 Å². The van der Waals surface area contributed by atoms with Gasteiger partial charge in [-0.2, -0.15) is 0 Å². The maximum absolute atomic E-state index is 13.7. The molecule has 0 fully saturated rings. The van der Waals surface area contributed by atoms with Crippen LogP contribution in [0, 0.1) is 12.7 Å². The van der Waals surface area contributed by atoms with Crippen LogP contribution in [0.3, 0.4) is 0 Å². The number of nitrogens with two attached hydrogens (primary N) is 1. The minimum atomic E-state index is -0.485. The van der Waals surface area contributed by atoms with Gasteiger partial charge in [0.05, 0.1) is 5.56 Å². The summed E-state index contributed by atoms with van der Waals surface area (Å²) in [5.41, 5.74) is 8.02. The summed E-state index contributed by atoms with van der Waals surface area (Å²) in [6, 6.07) is 11.7. The predicted molar refractivity (Wildman–Crippen MR) is 73.8 cm³/mol. The second kappa shape index (κ2) is 5.76. The molecule has 0 aliphatic rings. The van der Waals surface area contributed by atoms with Gasteiger partial charge in [-0.25, -0.2) is 4.39 Å². The zero-order chi connectivity index (χ0) is 13.8. The first-order valence-electron chi connectivity index (χ1n) is 6.21.